The highest BCUT2D eigenvalue weighted by Gasteiger charge is 2.28. The molecule has 0 radical (unpaired) electrons. The minimum atomic E-state index is -3.70. The van der Waals surface area contributed by atoms with Crippen LogP contribution in [0.3, 0.4) is 0 Å². The Morgan fingerprint density at radius 1 is 0.781 bits per heavy atom. The topological polar surface area (TPSA) is 50.3 Å². The van der Waals surface area contributed by atoms with E-state index in [2.05, 4.69) is 11.9 Å². The fourth-order valence-corrected chi connectivity index (χ4v) is 6.02. The predicted octanol–water partition coefficient (Wildman–Crippen LogP) is 7.13. The first-order valence-electron chi connectivity index (χ1n) is 12.0. The van der Waals surface area contributed by atoms with Crippen LogP contribution in [0.25, 0.3) is 10.9 Å². The van der Waals surface area contributed by atoms with Crippen molar-refractivity contribution in [2.45, 2.75) is 76.5 Å². The van der Waals surface area contributed by atoms with Gasteiger partial charge in [-0.1, -0.05) is 95.2 Å². The molecule has 0 unspecified atom stereocenters. The van der Waals surface area contributed by atoms with Gasteiger partial charge in [0.05, 0.1) is 16.1 Å². The van der Waals surface area contributed by atoms with Gasteiger partial charge in [0, 0.05) is 18.1 Å². The van der Waals surface area contributed by atoms with Crippen molar-refractivity contribution < 1.29 is 8.42 Å². The summed E-state index contributed by atoms with van der Waals surface area (Å²) in [6, 6.07) is 17.0. The van der Waals surface area contributed by atoms with Gasteiger partial charge in [-0.25, -0.2) is 8.42 Å². The highest BCUT2D eigenvalue weighted by atomic mass is 32.2. The second-order valence-corrected chi connectivity index (χ2v) is 10.2. The van der Waals surface area contributed by atoms with Crippen molar-refractivity contribution in [2.24, 2.45) is 0 Å². The number of pyridine rings is 1. The summed E-state index contributed by atoms with van der Waals surface area (Å²) < 4.78 is 29.4. The van der Waals surface area contributed by atoms with E-state index >= 15 is 0 Å². The van der Waals surface area contributed by atoms with Gasteiger partial charge in [0.15, 0.2) is 0 Å². The summed E-state index contributed by atoms with van der Waals surface area (Å²) in [5.41, 5.74) is 2.24. The van der Waals surface area contributed by atoms with E-state index in [-0.39, 0.29) is 0 Å². The Hall–Kier alpha value is -2.40. The van der Waals surface area contributed by atoms with Gasteiger partial charge in [-0.3, -0.25) is 9.29 Å². The van der Waals surface area contributed by atoms with Crippen LogP contribution in [-0.4, -0.2) is 19.9 Å². The molecule has 3 rings (SSSR count). The van der Waals surface area contributed by atoms with E-state index in [4.69, 9.17) is 0 Å². The van der Waals surface area contributed by atoms with Crippen LogP contribution in [0, 0.1) is 0 Å². The maximum atomic E-state index is 13.9. The standard InChI is InChI=1S/C27H36N2O2S/c1-3-5-6-7-8-9-10-13-22-29(25-19-14-17-24-18-15-21-28-27(24)25)32(30,31)26-20-12-11-16-23(26)4-2/h11-12,14-21H,3-10,13,22H2,1-2H3. The zero-order valence-corrected chi connectivity index (χ0v) is 20.3. The number of hydrogen-bond donors (Lipinski definition) is 0. The van der Waals surface area contributed by atoms with Gasteiger partial charge in [0.1, 0.15) is 0 Å². The number of unbranched alkanes of at least 4 members (excludes halogenated alkanes) is 7. The second kappa shape index (κ2) is 12.0. The van der Waals surface area contributed by atoms with Crippen LogP contribution in [-0.2, 0) is 16.4 Å². The third-order valence-electron chi connectivity index (χ3n) is 6.02. The van der Waals surface area contributed by atoms with Gasteiger partial charge >= 0.3 is 0 Å². The zero-order chi connectivity index (χ0) is 22.8. The summed E-state index contributed by atoms with van der Waals surface area (Å²) in [6.45, 7) is 4.69. The number of anilines is 1. The first-order valence-corrected chi connectivity index (χ1v) is 13.5. The number of fused-ring (bicyclic) bond motifs is 1. The Labute approximate surface area is 193 Å². The number of benzene rings is 2. The number of aryl methyl sites for hydroxylation is 1. The molecule has 0 aliphatic carbocycles. The molecular weight excluding hydrogens is 416 g/mol. The summed E-state index contributed by atoms with van der Waals surface area (Å²) in [5.74, 6) is 0. The summed E-state index contributed by atoms with van der Waals surface area (Å²) in [7, 11) is -3.70. The van der Waals surface area contributed by atoms with E-state index in [1.165, 1.54) is 32.1 Å². The highest BCUT2D eigenvalue weighted by molar-refractivity contribution is 7.93. The van der Waals surface area contributed by atoms with Gasteiger partial charge in [-0.05, 0) is 36.6 Å². The number of rotatable bonds is 13. The molecule has 0 aliphatic heterocycles. The van der Waals surface area contributed by atoms with Gasteiger partial charge < -0.3 is 0 Å². The lowest BCUT2D eigenvalue weighted by Gasteiger charge is -2.26. The average molecular weight is 453 g/mol. The average Bonchev–Trinajstić information content (AvgIpc) is 2.82. The van der Waals surface area contributed by atoms with Crippen LogP contribution in [0.2, 0.25) is 0 Å². The molecule has 1 heterocycles. The first-order chi connectivity index (χ1) is 15.6. The SMILES string of the molecule is CCCCCCCCCCN(c1cccc2cccnc12)S(=O)(=O)c1ccccc1CC. The van der Waals surface area contributed by atoms with Crippen LogP contribution in [0.1, 0.15) is 70.8 Å². The Morgan fingerprint density at radius 3 is 2.22 bits per heavy atom. The van der Waals surface area contributed by atoms with Crippen LogP contribution in [0.4, 0.5) is 5.69 Å². The normalized spacial score (nSPS) is 11.7. The second-order valence-electron chi connectivity index (χ2n) is 8.37. The summed E-state index contributed by atoms with van der Waals surface area (Å²) in [5, 5.41) is 0.949. The Kier molecular flexibility index (Phi) is 9.10. The summed E-state index contributed by atoms with van der Waals surface area (Å²) >= 11 is 0. The molecule has 172 valence electrons. The molecule has 32 heavy (non-hydrogen) atoms. The van der Waals surface area contributed by atoms with Crippen molar-refractivity contribution in [2.75, 3.05) is 10.8 Å². The van der Waals surface area contributed by atoms with Gasteiger partial charge in [-0.15, -0.1) is 0 Å². The maximum Gasteiger partial charge on any atom is 0.264 e. The van der Waals surface area contributed by atoms with Gasteiger partial charge in [0.25, 0.3) is 10.0 Å². The summed E-state index contributed by atoms with van der Waals surface area (Å²) in [4.78, 5) is 4.93. The Bertz CT molecular complexity index is 1090. The van der Waals surface area contributed by atoms with Crippen molar-refractivity contribution in [1.82, 2.24) is 4.98 Å². The van der Waals surface area contributed by atoms with Gasteiger partial charge in [0.2, 0.25) is 0 Å². The quantitative estimate of drug-likeness (QED) is 0.259. The Balaban J connectivity index is 1.87. The van der Waals surface area contributed by atoms with E-state index in [9.17, 15) is 8.42 Å². The number of aromatic nitrogens is 1. The lowest BCUT2D eigenvalue weighted by Crippen LogP contribution is -2.33. The van der Waals surface area contributed by atoms with Crippen molar-refractivity contribution in [3.8, 4) is 0 Å². The lowest BCUT2D eigenvalue weighted by molar-refractivity contribution is 0.569. The van der Waals surface area contributed by atoms with E-state index < -0.39 is 10.0 Å². The molecular formula is C27H36N2O2S. The Morgan fingerprint density at radius 2 is 1.47 bits per heavy atom. The molecule has 0 saturated heterocycles. The van der Waals surface area contributed by atoms with E-state index in [0.717, 1.165) is 35.7 Å². The fraction of sp³-hybridized carbons (Fsp3) is 0.444. The maximum absolute atomic E-state index is 13.9. The van der Waals surface area contributed by atoms with Gasteiger partial charge in [-0.2, -0.15) is 0 Å². The molecule has 5 heteroatoms. The molecule has 0 aliphatic rings. The first kappa shape index (κ1) is 24.2. The van der Waals surface area contributed by atoms with Crippen LogP contribution < -0.4 is 4.31 Å². The van der Waals surface area contributed by atoms with E-state index in [1.54, 1.807) is 16.6 Å². The van der Waals surface area contributed by atoms with Crippen molar-refractivity contribution in [3.63, 3.8) is 0 Å². The van der Waals surface area contributed by atoms with E-state index in [0.29, 0.717) is 23.5 Å². The largest absolute Gasteiger partial charge is 0.264 e. The molecule has 0 amide bonds. The smallest absolute Gasteiger partial charge is 0.264 e. The zero-order valence-electron chi connectivity index (χ0n) is 19.5. The fourth-order valence-electron chi connectivity index (χ4n) is 4.22. The molecule has 0 bridgehead atoms. The molecule has 0 N–H and O–H groups in total. The summed E-state index contributed by atoms with van der Waals surface area (Å²) in [6.07, 6.45) is 11.8. The number of para-hydroxylation sites is 1. The third-order valence-corrected chi connectivity index (χ3v) is 7.93. The van der Waals surface area contributed by atoms with E-state index in [1.807, 2.05) is 55.5 Å². The van der Waals surface area contributed by atoms with Crippen molar-refractivity contribution >= 4 is 26.6 Å². The molecule has 0 atom stereocenters. The van der Waals surface area contributed by atoms with Crippen LogP contribution in [0.5, 0.6) is 0 Å². The molecule has 1 aromatic heterocycles. The number of nitrogens with zero attached hydrogens (tertiary/aromatic N) is 2. The van der Waals surface area contributed by atoms with Crippen molar-refractivity contribution in [1.29, 1.82) is 0 Å². The highest BCUT2D eigenvalue weighted by Crippen LogP contribution is 2.31. The molecule has 0 spiro atoms. The molecule has 0 fully saturated rings. The minimum Gasteiger partial charge on any atom is -0.264 e. The molecule has 4 nitrogen and oxygen atoms in total. The number of hydrogen-bond acceptors (Lipinski definition) is 3. The molecule has 2 aromatic carbocycles. The third kappa shape index (κ3) is 5.89. The number of sulfonamides is 1. The van der Waals surface area contributed by atoms with Crippen LogP contribution >= 0.6 is 0 Å². The molecule has 0 saturated carbocycles. The minimum absolute atomic E-state index is 0.398. The lowest BCUT2D eigenvalue weighted by atomic mass is 10.1. The van der Waals surface area contributed by atoms with Crippen LogP contribution in [0.15, 0.2) is 65.7 Å². The monoisotopic (exact) mass is 452 g/mol. The predicted molar refractivity (Wildman–Crippen MR) is 135 cm³/mol. The van der Waals surface area contributed by atoms with Crippen molar-refractivity contribution in [3.05, 3.63) is 66.4 Å². The molecule has 3 aromatic rings.